The van der Waals surface area contributed by atoms with E-state index in [-0.39, 0.29) is 11.9 Å². The molecule has 2 unspecified atom stereocenters. The van der Waals surface area contributed by atoms with Gasteiger partial charge in [-0.25, -0.2) is 8.42 Å². The fraction of sp³-hybridized carbons (Fsp3) is 0.435. The molecule has 0 aliphatic rings. The highest BCUT2D eigenvalue weighted by Crippen LogP contribution is 2.24. The average Bonchev–Trinajstić information content (AvgIpc) is 2.64. The molecule has 0 spiro atoms. The largest absolute Gasteiger partial charge is 0.348 e. The van der Waals surface area contributed by atoms with E-state index in [0.717, 1.165) is 34.9 Å². The molecular formula is C23H32N2O3S. The summed E-state index contributed by atoms with van der Waals surface area (Å²) >= 11 is 0. The molecule has 2 aromatic carbocycles. The molecule has 0 aliphatic heterocycles. The van der Waals surface area contributed by atoms with E-state index in [9.17, 15) is 13.2 Å². The van der Waals surface area contributed by atoms with Crippen LogP contribution in [0.2, 0.25) is 0 Å². The lowest BCUT2D eigenvalue weighted by molar-refractivity contribution is -0.122. The monoisotopic (exact) mass is 416 g/mol. The summed E-state index contributed by atoms with van der Waals surface area (Å²) < 4.78 is 26.1. The number of nitrogens with one attached hydrogen (secondary N) is 1. The smallest absolute Gasteiger partial charge is 0.244 e. The molecule has 2 aromatic rings. The quantitative estimate of drug-likeness (QED) is 0.735. The van der Waals surface area contributed by atoms with E-state index in [1.165, 1.54) is 9.87 Å². The van der Waals surface area contributed by atoms with E-state index in [1.807, 2.05) is 39.8 Å². The van der Waals surface area contributed by atoms with Crippen LogP contribution in [-0.2, 0) is 21.2 Å². The van der Waals surface area contributed by atoms with Crippen molar-refractivity contribution in [3.63, 3.8) is 0 Å². The third kappa shape index (κ3) is 5.38. The van der Waals surface area contributed by atoms with Crippen molar-refractivity contribution in [2.75, 3.05) is 10.6 Å². The van der Waals surface area contributed by atoms with E-state index >= 15 is 0 Å². The Morgan fingerprint density at radius 1 is 1.00 bits per heavy atom. The van der Waals surface area contributed by atoms with Crippen LogP contribution in [0.15, 0.2) is 36.4 Å². The molecule has 0 saturated carbocycles. The van der Waals surface area contributed by atoms with Crippen LogP contribution in [-0.4, -0.2) is 26.6 Å². The number of rotatable bonds is 7. The van der Waals surface area contributed by atoms with Gasteiger partial charge in [0, 0.05) is 0 Å². The van der Waals surface area contributed by atoms with Crippen molar-refractivity contribution in [3.8, 4) is 0 Å². The maximum Gasteiger partial charge on any atom is 0.244 e. The van der Waals surface area contributed by atoms with Gasteiger partial charge in [-0.1, -0.05) is 31.2 Å². The van der Waals surface area contributed by atoms with Crippen molar-refractivity contribution in [1.29, 1.82) is 0 Å². The number of anilines is 1. The molecule has 5 nitrogen and oxygen atoms in total. The highest BCUT2D eigenvalue weighted by molar-refractivity contribution is 7.92. The van der Waals surface area contributed by atoms with Crippen molar-refractivity contribution in [3.05, 3.63) is 64.2 Å². The van der Waals surface area contributed by atoms with E-state index in [1.54, 1.807) is 19.1 Å². The molecule has 0 saturated heterocycles. The maximum absolute atomic E-state index is 13.0. The van der Waals surface area contributed by atoms with Gasteiger partial charge in [-0.05, 0) is 81.0 Å². The van der Waals surface area contributed by atoms with Crippen LogP contribution in [0.25, 0.3) is 0 Å². The third-order valence-corrected chi connectivity index (χ3v) is 6.64. The van der Waals surface area contributed by atoms with E-state index in [4.69, 9.17) is 0 Å². The van der Waals surface area contributed by atoms with E-state index in [0.29, 0.717) is 5.69 Å². The molecule has 2 rings (SSSR count). The Labute approximate surface area is 175 Å². The first kappa shape index (κ1) is 22.9. The second-order valence-electron chi connectivity index (χ2n) is 7.78. The number of sulfonamides is 1. The summed E-state index contributed by atoms with van der Waals surface area (Å²) in [5, 5.41) is 2.98. The Morgan fingerprint density at radius 3 is 2.07 bits per heavy atom. The van der Waals surface area contributed by atoms with Gasteiger partial charge in [0.05, 0.1) is 18.0 Å². The zero-order valence-corrected chi connectivity index (χ0v) is 19.2. The van der Waals surface area contributed by atoms with Gasteiger partial charge in [-0.15, -0.1) is 0 Å². The molecule has 6 heteroatoms. The zero-order valence-electron chi connectivity index (χ0n) is 18.4. The fourth-order valence-corrected chi connectivity index (χ4v) is 4.72. The van der Waals surface area contributed by atoms with Crippen LogP contribution in [0, 0.1) is 20.8 Å². The summed E-state index contributed by atoms with van der Waals surface area (Å²) in [6.45, 7) is 11.7. The Kier molecular flexibility index (Phi) is 7.11. The second kappa shape index (κ2) is 8.99. The number of carbonyl (C=O) groups excluding carboxylic acids is 1. The van der Waals surface area contributed by atoms with Crippen LogP contribution < -0.4 is 9.62 Å². The first-order chi connectivity index (χ1) is 13.5. The lowest BCUT2D eigenvalue weighted by Crippen LogP contribution is -2.48. The van der Waals surface area contributed by atoms with Gasteiger partial charge in [-0.3, -0.25) is 9.10 Å². The van der Waals surface area contributed by atoms with Crippen molar-refractivity contribution in [2.45, 2.75) is 60.0 Å². The minimum atomic E-state index is -3.63. The van der Waals surface area contributed by atoms with E-state index < -0.39 is 16.1 Å². The molecule has 0 radical (unpaired) electrons. The normalized spacial score (nSPS) is 13.6. The standard InChI is InChI=1S/C23H32N2O3S/c1-8-20-9-11-21(12-10-20)25(29(7,27)28)19(6)23(26)24-18(5)22-14-16(3)15(2)13-17(22)4/h9-14,18-19H,8H2,1-7H3,(H,24,26). The number of aryl methyl sites for hydroxylation is 4. The van der Waals surface area contributed by atoms with Gasteiger partial charge in [0.15, 0.2) is 0 Å². The second-order valence-corrected chi connectivity index (χ2v) is 9.64. The van der Waals surface area contributed by atoms with Crippen molar-refractivity contribution in [2.24, 2.45) is 0 Å². The van der Waals surface area contributed by atoms with Crippen LogP contribution in [0.4, 0.5) is 5.69 Å². The number of hydrogen-bond acceptors (Lipinski definition) is 3. The molecule has 0 aliphatic carbocycles. The van der Waals surface area contributed by atoms with Gasteiger partial charge >= 0.3 is 0 Å². The number of nitrogens with zero attached hydrogens (tertiary/aromatic N) is 1. The molecule has 0 heterocycles. The fourth-order valence-electron chi connectivity index (χ4n) is 3.55. The molecule has 29 heavy (non-hydrogen) atoms. The summed E-state index contributed by atoms with van der Waals surface area (Å²) in [5.41, 5.74) is 6.10. The van der Waals surface area contributed by atoms with Gasteiger partial charge < -0.3 is 5.32 Å². The highest BCUT2D eigenvalue weighted by atomic mass is 32.2. The summed E-state index contributed by atoms with van der Waals surface area (Å²) in [6.07, 6.45) is 1.99. The molecule has 1 amide bonds. The third-order valence-electron chi connectivity index (χ3n) is 5.40. The Bertz CT molecular complexity index is 982. The van der Waals surface area contributed by atoms with Crippen LogP contribution in [0.5, 0.6) is 0 Å². The van der Waals surface area contributed by atoms with Crippen LogP contribution in [0.3, 0.4) is 0 Å². The highest BCUT2D eigenvalue weighted by Gasteiger charge is 2.30. The first-order valence-corrected chi connectivity index (χ1v) is 11.8. The Hall–Kier alpha value is -2.34. The Balaban J connectivity index is 2.28. The van der Waals surface area contributed by atoms with Gasteiger partial charge in [0.25, 0.3) is 0 Å². The number of carbonyl (C=O) groups is 1. The predicted molar refractivity (Wildman–Crippen MR) is 120 cm³/mol. The van der Waals surface area contributed by atoms with E-state index in [2.05, 4.69) is 24.4 Å². The molecular weight excluding hydrogens is 384 g/mol. The summed E-state index contributed by atoms with van der Waals surface area (Å²) in [7, 11) is -3.63. The number of hydrogen-bond donors (Lipinski definition) is 1. The molecule has 2 atom stereocenters. The van der Waals surface area contributed by atoms with Crippen molar-refractivity contribution >= 4 is 21.6 Å². The molecule has 0 bridgehead atoms. The summed E-state index contributed by atoms with van der Waals surface area (Å²) in [6, 6.07) is 10.4. The SMILES string of the molecule is CCc1ccc(N(C(C)C(=O)NC(C)c2cc(C)c(C)cc2C)S(C)(=O)=O)cc1. The van der Waals surface area contributed by atoms with Crippen LogP contribution >= 0.6 is 0 Å². The molecule has 0 fully saturated rings. The van der Waals surface area contributed by atoms with Gasteiger partial charge in [0.2, 0.25) is 15.9 Å². The molecule has 1 N–H and O–H groups in total. The number of amides is 1. The zero-order chi connectivity index (χ0) is 21.9. The average molecular weight is 417 g/mol. The maximum atomic E-state index is 13.0. The summed E-state index contributed by atoms with van der Waals surface area (Å²) in [5.74, 6) is -0.333. The lowest BCUT2D eigenvalue weighted by Gasteiger charge is -2.29. The van der Waals surface area contributed by atoms with Gasteiger partial charge in [0.1, 0.15) is 6.04 Å². The predicted octanol–water partition coefficient (Wildman–Crippen LogP) is 4.21. The minimum Gasteiger partial charge on any atom is -0.348 e. The van der Waals surface area contributed by atoms with Crippen molar-refractivity contribution < 1.29 is 13.2 Å². The molecule has 0 aromatic heterocycles. The Morgan fingerprint density at radius 2 is 1.55 bits per heavy atom. The lowest BCUT2D eigenvalue weighted by atomic mass is 9.96. The first-order valence-electron chi connectivity index (χ1n) is 9.92. The van der Waals surface area contributed by atoms with Gasteiger partial charge in [-0.2, -0.15) is 0 Å². The molecule has 158 valence electrons. The number of benzene rings is 2. The summed E-state index contributed by atoms with van der Waals surface area (Å²) in [4.78, 5) is 13.0. The minimum absolute atomic E-state index is 0.229. The van der Waals surface area contributed by atoms with Crippen LogP contribution in [0.1, 0.15) is 54.6 Å². The van der Waals surface area contributed by atoms with Crippen molar-refractivity contribution in [1.82, 2.24) is 5.32 Å². The topological polar surface area (TPSA) is 66.5 Å².